The smallest absolute Gasteiger partial charge is 0.262 e. The van der Waals surface area contributed by atoms with Gasteiger partial charge >= 0.3 is 0 Å². The lowest BCUT2D eigenvalue weighted by molar-refractivity contribution is 0.0857. The minimum Gasteiger partial charge on any atom is -0.460 e. The molecule has 1 fully saturated rings. The standard InChI is InChI=1S/C17H22N2O4/c1-3-7-19-8-6-13-15(17(19)21)14(11(2)23-13)16(20)18-10-12-5-4-9-22-12/h6,8,12H,3-5,7,9-10H2,1-2H3,(H,18,20). The summed E-state index contributed by atoms with van der Waals surface area (Å²) in [6, 6.07) is 1.75. The number of aromatic nitrogens is 1. The van der Waals surface area contributed by atoms with Gasteiger partial charge in [-0.2, -0.15) is 0 Å². The molecular weight excluding hydrogens is 296 g/mol. The number of pyridine rings is 1. The number of carbonyl (C=O) groups excluding carboxylic acids is 1. The van der Waals surface area contributed by atoms with Gasteiger partial charge in [0.1, 0.15) is 11.3 Å². The maximum absolute atomic E-state index is 12.6. The summed E-state index contributed by atoms with van der Waals surface area (Å²) in [5, 5.41) is 3.23. The second-order valence-corrected chi connectivity index (χ2v) is 5.93. The van der Waals surface area contributed by atoms with E-state index in [-0.39, 0.29) is 17.6 Å². The van der Waals surface area contributed by atoms with Crippen LogP contribution in [0.4, 0.5) is 0 Å². The highest BCUT2D eigenvalue weighted by Crippen LogP contribution is 2.22. The molecule has 124 valence electrons. The van der Waals surface area contributed by atoms with Gasteiger partial charge < -0.3 is 19.0 Å². The van der Waals surface area contributed by atoms with E-state index >= 15 is 0 Å². The van der Waals surface area contributed by atoms with Gasteiger partial charge in [-0.1, -0.05) is 6.92 Å². The zero-order valence-corrected chi connectivity index (χ0v) is 13.6. The third-order valence-corrected chi connectivity index (χ3v) is 4.20. The fraction of sp³-hybridized carbons (Fsp3) is 0.529. The fourth-order valence-corrected chi connectivity index (χ4v) is 3.06. The number of fused-ring (bicyclic) bond motifs is 1. The van der Waals surface area contributed by atoms with Crippen molar-refractivity contribution in [3.8, 4) is 0 Å². The number of nitrogens with one attached hydrogen (secondary N) is 1. The third kappa shape index (κ3) is 3.03. The molecule has 0 aromatic carbocycles. The number of rotatable bonds is 5. The van der Waals surface area contributed by atoms with E-state index in [0.29, 0.717) is 35.4 Å². The Bertz CT molecular complexity index is 769. The third-order valence-electron chi connectivity index (χ3n) is 4.20. The first-order valence-electron chi connectivity index (χ1n) is 8.14. The average Bonchev–Trinajstić information content (AvgIpc) is 3.15. The molecule has 3 rings (SSSR count). The van der Waals surface area contributed by atoms with E-state index in [0.717, 1.165) is 25.9 Å². The second-order valence-electron chi connectivity index (χ2n) is 5.93. The number of aryl methyl sites for hydroxylation is 2. The molecule has 0 saturated carbocycles. The van der Waals surface area contributed by atoms with Crippen LogP contribution in [0.1, 0.15) is 42.3 Å². The normalized spacial score (nSPS) is 17.7. The van der Waals surface area contributed by atoms with E-state index in [4.69, 9.17) is 9.15 Å². The van der Waals surface area contributed by atoms with Crippen molar-refractivity contribution in [3.05, 3.63) is 33.9 Å². The SMILES string of the molecule is CCCn1ccc2oc(C)c(C(=O)NCC3CCCO3)c2c1=O. The van der Waals surface area contributed by atoms with Gasteiger partial charge in [-0.05, 0) is 32.3 Å². The number of furan rings is 1. The maximum atomic E-state index is 12.6. The Labute approximate surface area is 134 Å². The molecule has 1 saturated heterocycles. The van der Waals surface area contributed by atoms with E-state index in [1.807, 2.05) is 6.92 Å². The highest BCUT2D eigenvalue weighted by Gasteiger charge is 2.23. The van der Waals surface area contributed by atoms with E-state index in [1.165, 1.54) is 0 Å². The molecule has 6 nitrogen and oxygen atoms in total. The molecule has 1 amide bonds. The van der Waals surface area contributed by atoms with Crippen LogP contribution in [-0.4, -0.2) is 29.7 Å². The van der Waals surface area contributed by atoms with Crippen LogP contribution < -0.4 is 10.9 Å². The Morgan fingerprint density at radius 1 is 1.48 bits per heavy atom. The van der Waals surface area contributed by atoms with Crippen molar-refractivity contribution in [1.82, 2.24) is 9.88 Å². The van der Waals surface area contributed by atoms with Crippen LogP contribution in [0.2, 0.25) is 0 Å². The Hall–Kier alpha value is -2.08. The van der Waals surface area contributed by atoms with E-state index in [1.54, 1.807) is 23.8 Å². The Kier molecular flexibility index (Phi) is 4.52. The Morgan fingerprint density at radius 2 is 2.30 bits per heavy atom. The Balaban J connectivity index is 1.92. The van der Waals surface area contributed by atoms with Crippen LogP contribution in [0.3, 0.4) is 0 Å². The lowest BCUT2D eigenvalue weighted by Gasteiger charge is -2.10. The van der Waals surface area contributed by atoms with Crippen LogP contribution in [0.15, 0.2) is 21.5 Å². The molecule has 23 heavy (non-hydrogen) atoms. The number of ether oxygens (including phenoxy) is 1. The molecular formula is C17H22N2O4. The number of amides is 1. The molecule has 2 aromatic rings. The molecule has 1 N–H and O–H groups in total. The minimum atomic E-state index is -0.275. The van der Waals surface area contributed by atoms with Gasteiger partial charge in [0.2, 0.25) is 0 Å². The quantitative estimate of drug-likeness (QED) is 0.917. The molecule has 0 aliphatic carbocycles. The van der Waals surface area contributed by atoms with Crippen molar-refractivity contribution in [1.29, 1.82) is 0 Å². The summed E-state index contributed by atoms with van der Waals surface area (Å²) < 4.78 is 12.7. The summed E-state index contributed by atoms with van der Waals surface area (Å²) in [4.78, 5) is 25.2. The van der Waals surface area contributed by atoms with Crippen LogP contribution in [0, 0.1) is 6.92 Å². The number of nitrogens with zero attached hydrogens (tertiary/aromatic N) is 1. The monoisotopic (exact) mass is 318 g/mol. The molecule has 3 heterocycles. The number of hydrogen-bond acceptors (Lipinski definition) is 4. The lowest BCUT2D eigenvalue weighted by atomic mass is 10.1. The van der Waals surface area contributed by atoms with Crippen molar-refractivity contribution in [2.24, 2.45) is 0 Å². The van der Waals surface area contributed by atoms with E-state index in [2.05, 4.69) is 5.32 Å². The molecule has 1 unspecified atom stereocenters. The van der Waals surface area contributed by atoms with Crippen LogP contribution in [-0.2, 0) is 11.3 Å². The predicted octanol–water partition coefficient (Wildman–Crippen LogP) is 2.22. The highest BCUT2D eigenvalue weighted by molar-refractivity contribution is 6.06. The lowest BCUT2D eigenvalue weighted by Crippen LogP contribution is -2.32. The summed E-state index contributed by atoms with van der Waals surface area (Å²) in [6.07, 6.45) is 4.60. The van der Waals surface area contributed by atoms with Crippen molar-refractivity contribution in [2.45, 2.75) is 45.8 Å². The molecule has 0 radical (unpaired) electrons. The largest absolute Gasteiger partial charge is 0.460 e. The number of hydrogen-bond donors (Lipinski definition) is 1. The van der Waals surface area contributed by atoms with Crippen LogP contribution >= 0.6 is 0 Å². The molecule has 0 spiro atoms. The Morgan fingerprint density at radius 3 is 3.00 bits per heavy atom. The molecule has 1 aliphatic rings. The molecule has 1 aliphatic heterocycles. The fourth-order valence-electron chi connectivity index (χ4n) is 3.06. The van der Waals surface area contributed by atoms with Crippen LogP contribution in [0.25, 0.3) is 11.0 Å². The second kappa shape index (κ2) is 6.58. The van der Waals surface area contributed by atoms with Crippen molar-refractivity contribution in [2.75, 3.05) is 13.2 Å². The van der Waals surface area contributed by atoms with E-state index < -0.39 is 0 Å². The number of carbonyl (C=O) groups is 1. The highest BCUT2D eigenvalue weighted by atomic mass is 16.5. The zero-order chi connectivity index (χ0) is 16.4. The van der Waals surface area contributed by atoms with Crippen molar-refractivity contribution >= 4 is 16.9 Å². The van der Waals surface area contributed by atoms with E-state index in [9.17, 15) is 9.59 Å². The van der Waals surface area contributed by atoms with Gasteiger partial charge in [-0.25, -0.2) is 0 Å². The minimum absolute atomic E-state index is 0.0640. The summed E-state index contributed by atoms with van der Waals surface area (Å²) in [5.41, 5.74) is 0.624. The topological polar surface area (TPSA) is 73.5 Å². The van der Waals surface area contributed by atoms with Gasteiger partial charge in [0.05, 0.1) is 17.1 Å². The van der Waals surface area contributed by atoms with Gasteiger partial charge in [-0.15, -0.1) is 0 Å². The van der Waals surface area contributed by atoms with Crippen LogP contribution in [0.5, 0.6) is 0 Å². The summed E-state index contributed by atoms with van der Waals surface area (Å²) in [6.45, 7) is 5.55. The maximum Gasteiger partial charge on any atom is 0.262 e. The van der Waals surface area contributed by atoms with Gasteiger partial charge in [0.25, 0.3) is 11.5 Å². The van der Waals surface area contributed by atoms with Crippen molar-refractivity contribution in [3.63, 3.8) is 0 Å². The predicted molar refractivity (Wildman–Crippen MR) is 86.8 cm³/mol. The van der Waals surface area contributed by atoms with Crippen molar-refractivity contribution < 1.29 is 13.9 Å². The molecule has 1 atom stereocenters. The van der Waals surface area contributed by atoms with Gasteiger partial charge in [-0.3, -0.25) is 9.59 Å². The summed E-state index contributed by atoms with van der Waals surface area (Å²) >= 11 is 0. The first-order valence-corrected chi connectivity index (χ1v) is 8.14. The average molecular weight is 318 g/mol. The first-order chi connectivity index (χ1) is 11.1. The summed E-state index contributed by atoms with van der Waals surface area (Å²) in [7, 11) is 0. The first kappa shape index (κ1) is 15.8. The summed E-state index contributed by atoms with van der Waals surface area (Å²) in [5.74, 6) is 0.194. The molecule has 6 heteroatoms. The molecule has 0 bridgehead atoms. The zero-order valence-electron chi connectivity index (χ0n) is 13.6. The van der Waals surface area contributed by atoms with Gasteiger partial charge in [0, 0.05) is 25.9 Å². The molecule has 2 aromatic heterocycles. The van der Waals surface area contributed by atoms with Gasteiger partial charge in [0.15, 0.2) is 0 Å².